The van der Waals surface area contributed by atoms with Crippen LogP contribution in [0.3, 0.4) is 0 Å². The highest BCUT2D eigenvalue weighted by Crippen LogP contribution is 2.37. The minimum atomic E-state index is -0.525. The molecule has 0 radical (unpaired) electrons. The zero-order chi connectivity index (χ0) is 11.7. The second-order valence-corrected chi connectivity index (χ2v) is 4.38. The van der Waals surface area contributed by atoms with Gasteiger partial charge in [0.25, 0.3) is 5.91 Å². The van der Waals surface area contributed by atoms with Gasteiger partial charge in [-0.15, -0.1) is 0 Å². The standard InChI is InChI=1S/C11H16N4O/c1-6-2-7(6)4-14-10-3-8(11(13)16)9(12)5-15-10/h3,5-7H,2,4,12H2,1H3,(H2,13,16)(H,14,15). The first-order valence-corrected chi connectivity index (χ1v) is 5.37. The molecule has 2 unspecified atom stereocenters. The van der Waals surface area contributed by atoms with Gasteiger partial charge in [0.1, 0.15) is 5.82 Å². The fourth-order valence-electron chi connectivity index (χ4n) is 1.70. The maximum Gasteiger partial charge on any atom is 0.250 e. The molecule has 1 aromatic heterocycles. The summed E-state index contributed by atoms with van der Waals surface area (Å²) in [6.07, 6.45) is 2.71. The molecule has 1 amide bonds. The number of nitrogens with two attached hydrogens (primary N) is 2. The second-order valence-electron chi connectivity index (χ2n) is 4.38. The first-order chi connectivity index (χ1) is 7.58. The Balaban J connectivity index is 2.04. The van der Waals surface area contributed by atoms with Crippen molar-refractivity contribution in [2.75, 3.05) is 17.6 Å². The summed E-state index contributed by atoms with van der Waals surface area (Å²) in [5.41, 5.74) is 11.4. The fourth-order valence-corrected chi connectivity index (χ4v) is 1.70. The second kappa shape index (κ2) is 4.00. The number of carbonyl (C=O) groups is 1. The van der Waals surface area contributed by atoms with Crippen LogP contribution in [-0.4, -0.2) is 17.4 Å². The lowest BCUT2D eigenvalue weighted by atomic mass is 10.2. The van der Waals surface area contributed by atoms with Gasteiger partial charge in [0.2, 0.25) is 0 Å². The molecule has 0 aliphatic heterocycles. The highest BCUT2D eigenvalue weighted by Gasteiger charge is 2.31. The molecule has 0 aromatic carbocycles. The molecule has 1 fully saturated rings. The summed E-state index contributed by atoms with van der Waals surface area (Å²) in [7, 11) is 0. The molecule has 16 heavy (non-hydrogen) atoms. The maximum absolute atomic E-state index is 11.1. The van der Waals surface area contributed by atoms with E-state index in [1.54, 1.807) is 6.07 Å². The first-order valence-electron chi connectivity index (χ1n) is 5.37. The summed E-state index contributed by atoms with van der Waals surface area (Å²) in [5, 5.41) is 3.19. The van der Waals surface area contributed by atoms with Crippen LogP contribution in [0.4, 0.5) is 11.5 Å². The molecule has 0 saturated heterocycles. The fraction of sp³-hybridized carbons (Fsp3) is 0.455. The molecule has 5 heteroatoms. The van der Waals surface area contributed by atoms with Crippen molar-refractivity contribution < 1.29 is 4.79 Å². The molecule has 1 heterocycles. The van der Waals surface area contributed by atoms with Crippen LogP contribution in [0, 0.1) is 11.8 Å². The van der Waals surface area contributed by atoms with E-state index >= 15 is 0 Å². The summed E-state index contributed by atoms with van der Waals surface area (Å²) < 4.78 is 0. The van der Waals surface area contributed by atoms with Crippen LogP contribution in [0.25, 0.3) is 0 Å². The Labute approximate surface area is 94.2 Å². The molecule has 2 atom stereocenters. The summed E-state index contributed by atoms with van der Waals surface area (Å²) >= 11 is 0. The Bertz CT molecular complexity index is 418. The molecule has 1 aliphatic rings. The Morgan fingerprint density at radius 3 is 2.94 bits per heavy atom. The summed E-state index contributed by atoms with van der Waals surface area (Å²) in [5.74, 6) is 1.64. The Morgan fingerprint density at radius 2 is 2.38 bits per heavy atom. The quantitative estimate of drug-likeness (QED) is 0.700. The summed E-state index contributed by atoms with van der Waals surface area (Å²) in [6, 6.07) is 1.60. The lowest BCUT2D eigenvalue weighted by Crippen LogP contribution is -2.15. The topological polar surface area (TPSA) is 94.0 Å². The predicted molar refractivity (Wildman–Crippen MR) is 62.9 cm³/mol. The van der Waals surface area contributed by atoms with Crippen LogP contribution in [-0.2, 0) is 0 Å². The van der Waals surface area contributed by atoms with E-state index in [1.807, 2.05) is 0 Å². The van der Waals surface area contributed by atoms with Crippen molar-refractivity contribution in [2.24, 2.45) is 17.6 Å². The van der Waals surface area contributed by atoms with Gasteiger partial charge in [-0.05, 0) is 24.3 Å². The number of aromatic nitrogens is 1. The average molecular weight is 220 g/mol. The third kappa shape index (κ3) is 2.24. The number of nitrogens with one attached hydrogen (secondary N) is 1. The van der Waals surface area contributed by atoms with Gasteiger partial charge in [0.15, 0.2) is 0 Å². The van der Waals surface area contributed by atoms with E-state index in [4.69, 9.17) is 11.5 Å². The van der Waals surface area contributed by atoms with E-state index in [0.29, 0.717) is 17.1 Å². The summed E-state index contributed by atoms with van der Waals surface area (Å²) in [4.78, 5) is 15.2. The zero-order valence-electron chi connectivity index (χ0n) is 9.23. The largest absolute Gasteiger partial charge is 0.397 e. The van der Waals surface area contributed by atoms with Crippen molar-refractivity contribution in [3.8, 4) is 0 Å². The van der Waals surface area contributed by atoms with Crippen LogP contribution in [0.2, 0.25) is 0 Å². The minimum Gasteiger partial charge on any atom is -0.397 e. The molecular weight excluding hydrogens is 204 g/mol. The van der Waals surface area contributed by atoms with Gasteiger partial charge in [0, 0.05) is 6.54 Å². The van der Waals surface area contributed by atoms with Gasteiger partial charge in [-0.2, -0.15) is 0 Å². The van der Waals surface area contributed by atoms with Crippen LogP contribution in [0.15, 0.2) is 12.3 Å². The number of nitrogens with zero attached hydrogens (tertiary/aromatic N) is 1. The number of pyridine rings is 1. The van der Waals surface area contributed by atoms with Crippen molar-refractivity contribution in [1.29, 1.82) is 0 Å². The SMILES string of the molecule is CC1CC1CNc1cc(C(N)=O)c(N)cn1. The lowest BCUT2D eigenvalue weighted by Gasteiger charge is -2.07. The molecular formula is C11H16N4O. The molecule has 1 saturated carbocycles. The Morgan fingerprint density at radius 1 is 1.69 bits per heavy atom. The zero-order valence-corrected chi connectivity index (χ0v) is 9.23. The number of anilines is 2. The molecule has 5 N–H and O–H groups in total. The molecule has 0 bridgehead atoms. The lowest BCUT2D eigenvalue weighted by molar-refractivity contribution is 0.100. The maximum atomic E-state index is 11.1. The van der Waals surface area contributed by atoms with E-state index in [-0.39, 0.29) is 0 Å². The molecule has 2 rings (SSSR count). The number of hydrogen-bond acceptors (Lipinski definition) is 4. The Kier molecular flexibility index (Phi) is 2.68. The number of hydrogen-bond donors (Lipinski definition) is 3. The van der Waals surface area contributed by atoms with Gasteiger partial charge < -0.3 is 16.8 Å². The van der Waals surface area contributed by atoms with Gasteiger partial charge in [-0.25, -0.2) is 4.98 Å². The molecule has 0 spiro atoms. The highest BCUT2D eigenvalue weighted by molar-refractivity contribution is 5.98. The van der Waals surface area contributed by atoms with Gasteiger partial charge >= 0.3 is 0 Å². The van der Waals surface area contributed by atoms with Gasteiger partial charge in [0.05, 0.1) is 17.4 Å². The van der Waals surface area contributed by atoms with Crippen molar-refractivity contribution in [3.63, 3.8) is 0 Å². The predicted octanol–water partition coefficient (Wildman–Crippen LogP) is 0.831. The number of primary amides is 1. The van der Waals surface area contributed by atoms with Gasteiger partial charge in [-0.1, -0.05) is 6.92 Å². The highest BCUT2D eigenvalue weighted by atomic mass is 16.1. The van der Waals surface area contributed by atoms with E-state index in [2.05, 4.69) is 17.2 Å². The molecule has 86 valence electrons. The van der Waals surface area contributed by atoms with E-state index in [9.17, 15) is 4.79 Å². The first kappa shape index (κ1) is 10.7. The number of nitrogen functional groups attached to an aromatic ring is 1. The molecule has 5 nitrogen and oxygen atoms in total. The van der Waals surface area contributed by atoms with Crippen LogP contribution in [0.5, 0.6) is 0 Å². The monoisotopic (exact) mass is 220 g/mol. The Hall–Kier alpha value is -1.78. The van der Waals surface area contributed by atoms with Crippen LogP contribution >= 0.6 is 0 Å². The minimum absolute atomic E-state index is 0.317. The van der Waals surface area contributed by atoms with Crippen molar-refractivity contribution in [1.82, 2.24) is 4.98 Å². The van der Waals surface area contributed by atoms with E-state index in [1.165, 1.54) is 12.6 Å². The van der Waals surface area contributed by atoms with Crippen LogP contribution < -0.4 is 16.8 Å². The third-order valence-corrected chi connectivity index (χ3v) is 3.02. The van der Waals surface area contributed by atoms with Crippen LogP contribution in [0.1, 0.15) is 23.7 Å². The number of carbonyl (C=O) groups excluding carboxylic acids is 1. The normalized spacial score (nSPS) is 22.8. The smallest absolute Gasteiger partial charge is 0.250 e. The van der Waals surface area contributed by atoms with E-state index < -0.39 is 5.91 Å². The third-order valence-electron chi connectivity index (χ3n) is 3.02. The summed E-state index contributed by atoms with van der Waals surface area (Å²) in [6.45, 7) is 3.11. The molecule has 1 aliphatic carbocycles. The number of rotatable bonds is 4. The van der Waals surface area contributed by atoms with E-state index in [0.717, 1.165) is 18.4 Å². The average Bonchev–Trinajstić information content (AvgIpc) is 2.93. The van der Waals surface area contributed by atoms with Crippen molar-refractivity contribution in [2.45, 2.75) is 13.3 Å². The number of amides is 1. The van der Waals surface area contributed by atoms with Crippen molar-refractivity contribution in [3.05, 3.63) is 17.8 Å². The molecule has 1 aromatic rings. The van der Waals surface area contributed by atoms with Gasteiger partial charge in [-0.3, -0.25) is 4.79 Å². The van der Waals surface area contributed by atoms with Crippen molar-refractivity contribution >= 4 is 17.4 Å².